The van der Waals surface area contributed by atoms with Crippen LogP contribution in [0.25, 0.3) is 0 Å². The molecule has 3 unspecified atom stereocenters. The number of amides is 3. The first-order chi connectivity index (χ1) is 18.1. The number of aliphatic hydroxyl groups excluding tert-OH is 1. The van der Waals surface area contributed by atoms with Crippen LogP contribution in [0.3, 0.4) is 0 Å². The van der Waals surface area contributed by atoms with Crippen molar-refractivity contribution in [1.29, 1.82) is 0 Å². The molecule has 3 N–H and O–H groups in total. The van der Waals surface area contributed by atoms with Crippen molar-refractivity contribution in [3.05, 3.63) is 59.1 Å². The number of alkyl halides is 1. The third-order valence-electron chi connectivity index (χ3n) is 8.10. The van der Waals surface area contributed by atoms with E-state index in [1.807, 2.05) is 63.2 Å². The second kappa shape index (κ2) is 10.5. The minimum atomic E-state index is -0.875. The molecule has 7 nitrogen and oxygen atoms in total. The van der Waals surface area contributed by atoms with Crippen LogP contribution in [0.1, 0.15) is 25.8 Å². The molecule has 0 aromatic heterocycles. The highest BCUT2D eigenvalue weighted by Gasteiger charge is 2.76. The summed E-state index contributed by atoms with van der Waals surface area (Å²) in [4.78, 5) is 43.6. The zero-order chi connectivity index (χ0) is 27.4. The van der Waals surface area contributed by atoms with Crippen LogP contribution in [0, 0.1) is 24.7 Å². The van der Waals surface area contributed by atoms with Gasteiger partial charge in [0.15, 0.2) is 0 Å². The fourth-order valence-corrected chi connectivity index (χ4v) is 10.2. The summed E-state index contributed by atoms with van der Waals surface area (Å²) in [5.41, 5.74) is 1.97. The highest BCUT2D eigenvalue weighted by Crippen LogP contribution is 2.68. The minimum Gasteiger partial charge on any atom is -0.394 e. The lowest BCUT2D eigenvalue weighted by molar-refractivity contribution is -0.142. The molecular weight excluding hydrogens is 590 g/mol. The number of nitrogens with one attached hydrogen (secondary N) is 2. The van der Waals surface area contributed by atoms with E-state index in [4.69, 9.17) is 11.6 Å². The first-order valence-corrected chi connectivity index (χ1v) is 14.9. The number of para-hydroxylation sites is 2. The largest absolute Gasteiger partial charge is 0.394 e. The normalized spacial score (nSPS) is 30.4. The zero-order valence-electron chi connectivity index (χ0n) is 21.4. The Labute approximate surface area is 240 Å². The van der Waals surface area contributed by atoms with Crippen molar-refractivity contribution >= 4 is 68.4 Å². The standard InChI is InChI=1S/C28H31BrClN3O4S/c1-14(2)19(13-34)33-24(26(36)32-22-15(3)8-7-11-18(22)30)28-12-17(29)23(38-28)20(21(28)27(33)37)25(35)31-16-9-5-4-6-10-16/h4-11,14,17,19-21,23-24,34H,12-13H2,1-3H3,(H,31,35)(H,32,36)/t17?,19-,20+,21-,23+,24?,28?/m0/s1. The topological polar surface area (TPSA) is 98.7 Å². The Bertz CT molecular complexity index is 1240. The van der Waals surface area contributed by atoms with Crippen molar-refractivity contribution in [3.63, 3.8) is 0 Å². The number of halogens is 2. The van der Waals surface area contributed by atoms with Crippen molar-refractivity contribution in [3.8, 4) is 0 Å². The molecule has 0 radical (unpaired) electrons. The van der Waals surface area contributed by atoms with Crippen LogP contribution < -0.4 is 10.6 Å². The maximum atomic E-state index is 14.3. The number of aryl methyl sites for hydroxylation is 1. The zero-order valence-corrected chi connectivity index (χ0v) is 24.5. The van der Waals surface area contributed by atoms with E-state index in [0.29, 0.717) is 22.8 Å². The number of thioether (sulfide) groups is 1. The number of carbonyl (C=O) groups is 3. The SMILES string of the molecule is Cc1cccc(Cl)c1NC(=O)C1N([C@@H](CO)C(C)C)C(=O)[C@@H]2[C@@H](C(=O)Nc3ccccc3)[C@@H]3SC12CC3Br. The number of nitrogens with zero attached hydrogens (tertiary/aromatic N) is 1. The first kappa shape index (κ1) is 27.5. The van der Waals surface area contributed by atoms with Gasteiger partial charge >= 0.3 is 0 Å². The predicted octanol–water partition coefficient (Wildman–Crippen LogP) is 4.71. The Morgan fingerprint density at radius 2 is 1.87 bits per heavy atom. The Morgan fingerprint density at radius 1 is 1.16 bits per heavy atom. The number of fused-ring (bicyclic) bond motifs is 1. The molecule has 2 bridgehead atoms. The van der Waals surface area contributed by atoms with Crippen molar-refractivity contribution in [2.45, 2.75) is 54.1 Å². The quantitative estimate of drug-likeness (QED) is 0.390. The Balaban J connectivity index is 1.56. The van der Waals surface area contributed by atoms with Gasteiger partial charge in [0.2, 0.25) is 17.7 Å². The monoisotopic (exact) mass is 619 g/mol. The summed E-state index contributed by atoms with van der Waals surface area (Å²) in [6.45, 7) is 5.42. The molecule has 3 amide bonds. The van der Waals surface area contributed by atoms with E-state index >= 15 is 0 Å². The van der Waals surface area contributed by atoms with Gasteiger partial charge in [-0.1, -0.05) is 71.7 Å². The molecule has 5 rings (SSSR count). The lowest BCUT2D eigenvalue weighted by atomic mass is 9.70. The van der Waals surface area contributed by atoms with Crippen LogP contribution >= 0.6 is 39.3 Å². The molecule has 202 valence electrons. The molecule has 3 heterocycles. The van der Waals surface area contributed by atoms with E-state index in [0.717, 1.165) is 5.56 Å². The summed E-state index contributed by atoms with van der Waals surface area (Å²) in [6, 6.07) is 13.1. The summed E-state index contributed by atoms with van der Waals surface area (Å²) in [6.07, 6.45) is 0.556. The predicted molar refractivity (Wildman–Crippen MR) is 155 cm³/mol. The van der Waals surface area contributed by atoms with Gasteiger partial charge in [-0.3, -0.25) is 14.4 Å². The number of carbonyl (C=O) groups excluding carboxylic acids is 3. The third kappa shape index (κ3) is 4.35. The van der Waals surface area contributed by atoms with Crippen molar-refractivity contribution in [2.24, 2.45) is 17.8 Å². The van der Waals surface area contributed by atoms with E-state index in [1.54, 1.807) is 22.7 Å². The molecule has 1 spiro atoms. The van der Waals surface area contributed by atoms with Gasteiger partial charge in [0.1, 0.15) is 6.04 Å². The van der Waals surface area contributed by atoms with Gasteiger partial charge in [-0.15, -0.1) is 11.8 Å². The molecule has 2 aromatic carbocycles. The number of hydrogen-bond donors (Lipinski definition) is 3. The summed E-state index contributed by atoms with van der Waals surface area (Å²) < 4.78 is -0.823. The number of aliphatic hydroxyl groups is 1. The lowest BCUT2D eigenvalue weighted by Crippen LogP contribution is -2.56. The molecule has 0 saturated carbocycles. The summed E-state index contributed by atoms with van der Waals surface area (Å²) in [5, 5.41) is 16.6. The van der Waals surface area contributed by atoms with E-state index < -0.39 is 28.7 Å². The molecular formula is C28H31BrClN3O4S. The Morgan fingerprint density at radius 3 is 2.50 bits per heavy atom. The average Bonchev–Trinajstić information content (AvgIpc) is 3.46. The van der Waals surface area contributed by atoms with Crippen LogP contribution in [0.2, 0.25) is 5.02 Å². The Hall–Kier alpha value is -2.07. The summed E-state index contributed by atoms with van der Waals surface area (Å²) >= 11 is 11.8. The number of likely N-dealkylation sites (tertiary alicyclic amines) is 1. The second-order valence-corrected chi connectivity index (χ2v) is 13.8. The van der Waals surface area contributed by atoms with Crippen molar-refractivity contribution in [2.75, 3.05) is 17.2 Å². The summed E-state index contributed by atoms with van der Waals surface area (Å²) in [5.74, 6) is -2.25. The van der Waals surface area contributed by atoms with Crippen molar-refractivity contribution in [1.82, 2.24) is 4.90 Å². The van der Waals surface area contributed by atoms with E-state index in [9.17, 15) is 19.5 Å². The van der Waals surface area contributed by atoms with Crippen LogP contribution in [-0.2, 0) is 14.4 Å². The van der Waals surface area contributed by atoms with E-state index in [2.05, 4.69) is 26.6 Å². The summed E-state index contributed by atoms with van der Waals surface area (Å²) in [7, 11) is 0. The van der Waals surface area contributed by atoms with Crippen molar-refractivity contribution < 1.29 is 19.5 Å². The number of hydrogen-bond acceptors (Lipinski definition) is 5. The van der Waals surface area contributed by atoms with Gasteiger partial charge in [0.25, 0.3) is 0 Å². The first-order valence-electron chi connectivity index (χ1n) is 12.8. The smallest absolute Gasteiger partial charge is 0.248 e. The van der Waals surface area contributed by atoms with Gasteiger partial charge in [0, 0.05) is 15.8 Å². The average molecular weight is 621 g/mol. The molecule has 3 aliphatic heterocycles. The highest BCUT2D eigenvalue weighted by molar-refractivity contribution is 9.09. The fraction of sp³-hybridized carbons (Fsp3) is 0.464. The van der Waals surface area contributed by atoms with E-state index in [-0.39, 0.29) is 40.3 Å². The number of rotatable bonds is 7. The molecule has 7 atom stereocenters. The minimum absolute atomic E-state index is 0.0491. The third-order valence-corrected chi connectivity index (χ3v) is 11.6. The van der Waals surface area contributed by atoms with Gasteiger partial charge in [-0.25, -0.2) is 0 Å². The fourth-order valence-electron chi connectivity index (χ4n) is 6.37. The van der Waals surface area contributed by atoms with Crippen LogP contribution in [-0.4, -0.2) is 61.2 Å². The van der Waals surface area contributed by atoms with Crippen LogP contribution in [0.15, 0.2) is 48.5 Å². The van der Waals surface area contributed by atoms with Crippen LogP contribution in [0.5, 0.6) is 0 Å². The van der Waals surface area contributed by atoms with Gasteiger partial charge in [-0.05, 0) is 43.0 Å². The molecule has 38 heavy (non-hydrogen) atoms. The molecule has 2 aromatic rings. The number of anilines is 2. The van der Waals surface area contributed by atoms with Gasteiger partial charge in [0.05, 0.1) is 39.9 Å². The molecule has 3 fully saturated rings. The van der Waals surface area contributed by atoms with E-state index in [1.165, 1.54) is 0 Å². The Kier molecular flexibility index (Phi) is 7.59. The maximum absolute atomic E-state index is 14.3. The molecule has 10 heteroatoms. The maximum Gasteiger partial charge on any atom is 0.248 e. The molecule has 3 aliphatic rings. The van der Waals surface area contributed by atoms with Gasteiger partial charge < -0.3 is 20.6 Å². The second-order valence-electron chi connectivity index (χ2n) is 10.7. The highest BCUT2D eigenvalue weighted by atomic mass is 79.9. The van der Waals surface area contributed by atoms with Crippen LogP contribution in [0.4, 0.5) is 11.4 Å². The number of benzene rings is 2. The lowest BCUT2D eigenvalue weighted by Gasteiger charge is -2.38. The molecule has 0 aliphatic carbocycles. The molecule has 3 saturated heterocycles. The van der Waals surface area contributed by atoms with Gasteiger partial charge in [-0.2, -0.15) is 0 Å².